The van der Waals surface area contributed by atoms with Crippen LogP contribution in [0.2, 0.25) is 0 Å². The molecule has 34 heavy (non-hydrogen) atoms. The molecule has 0 aromatic heterocycles. The predicted octanol–water partition coefficient (Wildman–Crippen LogP) is 2.48. The molecule has 4 heterocycles. The number of thioether (sulfide) groups is 1. The lowest BCUT2D eigenvalue weighted by molar-refractivity contribution is -0.181. The molecule has 5 rings (SSSR count). The van der Waals surface area contributed by atoms with Crippen LogP contribution in [0, 0.1) is 0 Å². The number of carbonyl (C=O) groups is 3. The van der Waals surface area contributed by atoms with Crippen LogP contribution in [0.5, 0.6) is 0 Å². The van der Waals surface area contributed by atoms with E-state index < -0.39 is 11.0 Å². The molecule has 3 amide bonds. The van der Waals surface area contributed by atoms with Crippen molar-refractivity contribution in [3.8, 4) is 0 Å². The van der Waals surface area contributed by atoms with Crippen LogP contribution in [0.15, 0.2) is 29.3 Å². The zero-order valence-electron chi connectivity index (χ0n) is 19.2. The Balaban J connectivity index is 1.14. The second kappa shape index (κ2) is 10.1. The van der Waals surface area contributed by atoms with E-state index in [2.05, 4.69) is 15.2 Å². The minimum absolute atomic E-state index is 0.0523. The summed E-state index contributed by atoms with van der Waals surface area (Å²) in [5.74, 6) is -1.12. The number of aliphatic imine (C=N–C) groups is 1. The highest BCUT2D eigenvalue weighted by Gasteiger charge is 2.41. The molecule has 1 atom stereocenters. The zero-order valence-corrected chi connectivity index (χ0v) is 20.0. The summed E-state index contributed by atoms with van der Waals surface area (Å²) >= 11 is 1.38. The van der Waals surface area contributed by atoms with Crippen LogP contribution in [0.3, 0.4) is 0 Å². The summed E-state index contributed by atoms with van der Waals surface area (Å²) in [5, 5.41) is 3.09. The number of ether oxygens (including phenoxy) is 2. The second-order valence-corrected chi connectivity index (χ2v) is 10.3. The number of nitrogens with zero attached hydrogens (tertiary/aromatic N) is 3. The highest BCUT2D eigenvalue weighted by atomic mass is 32.2. The van der Waals surface area contributed by atoms with Gasteiger partial charge in [-0.05, 0) is 37.5 Å². The number of amidine groups is 1. The Bertz CT molecular complexity index is 977. The van der Waals surface area contributed by atoms with Gasteiger partial charge in [0.15, 0.2) is 11.0 Å². The molecule has 1 unspecified atom stereocenters. The fourth-order valence-corrected chi connectivity index (χ4v) is 5.98. The monoisotopic (exact) mass is 486 g/mol. The number of amides is 3. The number of hydrogen-bond donors (Lipinski definition) is 1. The van der Waals surface area contributed by atoms with Gasteiger partial charge in [-0.2, -0.15) is 4.99 Å². The molecule has 182 valence electrons. The van der Waals surface area contributed by atoms with Gasteiger partial charge in [0.05, 0.1) is 13.2 Å². The van der Waals surface area contributed by atoms with Crippen molar-refractivity contribution in [1.29, 1.82) is 0 Å². The van der Waals surface area contributed by atoms with Crippen molar-refractivity contribution in [3.05, 3.63) is 29.8 Å². The maximum Gasteiger partial charge on any atom is 0.262 e. The predicted molar refractivity (Wildman–Crippen MR) is 129 cm³/mol. The summed E-state index contributed by atoms with van der Waals surface area (Å²) in [4.78, 5) is 46.1. The summed E-state index contributed by atoms with van der Waals surface area (Å²) in [7, 11) is 0. The lowest BCUT2D eigenvalue weighted by atomic mass is 10.0. The number of anilines is 1. The van der Waals surface area contributed by atoms with E-state index in [1.165, 1.54) is 18.2 Å². The van der Waals surface area contributed by atoms with Gasteiger partial charge in [0.2, 0.25) is 5.91 Å². The molecular weight excluding hydrogens is 456 g/mol. The third-order valence-corrected chi connectivity index (χ3v) is 7.96. The minimum atomic E-state index is -0.528. The van der Waals surface area contributed by atoms with Crippen LogP contribution >= 0.6 is 11.8 Å². The Morgan fingerprint density at radius 3 is 2.56 bits per heavy atom. The summed E-state index contributed by atoms with van der Waals surface area (Å²) in [6.07, 6.45) is 4.78. The molecule has 4 aliphatic heterocycles. The van der Waals surface area contributed by atoms with Crippen LogP contribution < -0.4 is 5.32 Å². The highest BCUT2D eigenvalue weighted by molar-refractivity contribution is 8.15. The van der Waals surface area contributed by atoms with Gasteiger partial charge in [0.1, 0.15) is 5.25 Å². The van der Waals surface area contributed by atoms with E-state index in [9.17, 15) is 14.4 Å². The third kappa shape index (κ3) is 5.13. The molecule has 1 aromatic rings. The Morgan fingerprint density at radius 1 is 1.09 bits per heavy atom. The Kier molecular flexibility index (Phi) is 6.89. The van der Waals surface area contributed by atoms with Crippen LogP contribution in [-0.2, 0) is 19.1 Å². The van der Waals surface area contributed by atoms with Crippen LogP contribution in [0.25, 0.3) is 0 Å². The van der Waals surface area contributed by atoms with Crippen LogP contribution in [0.1, 0.15) is 48.9 Å². The molecule has 1 aromatic carbocycles. The molecule has 0 bridgehead atoms. The fourth-order valence-electron chi connectivity index (χ4n) is 4.86. The van der Waals surface area contributed by atoms with Crippen molar-refractivity contribution in [2.75, 3.05) is 44.7 Å². The molecule has 10 heteroatoms. The first-order valence-corrected chi connectivity index (χ1v) is 12.9. The molecule has 3 saturated heterocycles. The second-order valence-electron chi connectivity index (χ2n) is 9.12. The molecule has 0 aliphatic carbocycles. The van der Waals surface area contributed by atoms with Crippen molar-refractivity contribution < 1.29 is 23.9 Å². The fraction of sp³-hybridized carbons (Fsp3) is 0.583. The minimum Gasteiger partial charge on any atom is -0.351 e. The number of nitrogens with one attached hydrogen (secondary N) is 1. The molecule has 1 N–H and O–H groups in total. The van der Waals surface area contributed by atoms with Crippen molar-refractivity contribution in [2.45, 2.75) is 49.6 Å². The average molecular weight is 487 g/mol. The smallest absolute Gasteiger partial charge is 0.262 e. The lowest BCUT2D eigenvalue weighted by Crippen LogP contribution is -2.47. The average Bonchev–Trinajstić information content (AvgIpc) is 3.46. The van der Waals surface area contributed by atoms with Crippen LogP contribution in [-0.4, -0.2) is 83.1 Å². The van der Waals surface area contributed by atoms with Crippen molar-refractivity contribution >= 4 is 40.3 Å². The normalized spacial score (nSPS) is 24.4. The number of likely N-dealkylation sites (tertiary alicyclic amines) is 2. The van der Waals surface area contributed by atoms with E-state index in [1.54, 1.807) is 29.2 Å². The number of benzene rings is 1. The largest absolute Gasteiger partial charge is 0.351 e. The molecule has 0 saturated carbocycles. The SMILES string of the molecule is O=C(CC1SC(N2CCCCC2)=NC1=O)Nc1cccc(C(=O)N2CCC3(CC2)OCCO3)c1. The van der Waals surface area contributed by atoms with Gasteiger partial charge in [-0.15, -0.1) is 0 Å². The molecule has 4 aliphatic rings. The van der Waals surface area contributed by atoms with Crippen LogP contribution in [0.4, 0.5) is 5.69 Å². The Labute approximate surface area is 203 Å². The summed E-state index contributed by atoms with van der Waals surface area (Å²) in [6.45, 7) is 4.16. The maximum absolute atomic E-state index is 13.0. The van der Waals surface area contributed by atoms with Crippen molar-refractivity contribution in [3.63, 3.8) is 0 Å². The van der Waals surface area contributed by atoms with Gasteiger partial charge in [-0.25, -0.2) is 0 Å². The van der Waals surface area contributed by atoms with E-state index in [0.717, 1.165) is 31.1 Å². The lowest BCUT2D eigenvalue weighted by Gasteiger charge is -2.37. The Morgan fingerprint density at radius 2 is 1.82 bits per heavy atom. The van der Waals surface area contributed by atoms with Gasteiger partial charge < -0.3 is 24.6 Å². The zero-order chi connectivity index (χ0) is 23.5. The first kappa shape index (κ1) is 23.3. The number of hydrogen-bond acceptors (Lipinski definition) is 7. The summed E-state index contributed by atoms with van der Waals surface area (Å²) in [6, 6.07) is 6.94. The van der Waals surface area contributed by atoms with Gasteiger partial charge in [-0.1, -0.05) is 17.8 Å². The molecule has 3 fully saturated rings. The molecular formula is C24H30N4O5S. The molecule has 1 spiro atoms. The number of piperidine rings is 2. The number of carbonyl (C=O) groups excluding carboxylic acids is 3. The first-order valence-electron chi connectivity index (χ1n) is 12.0. The Hall–Kier alpha value is -2.43. The van der Waals surface area contributed by atoms with Gasteiger partial charge >= 0.3 is 0 Å². The first-order chi connectivity index (χ1) is 16.5. The maximum atomic E-state index is 13.0. The topological polar surface area (TPSA) is 101 Å². The quantitative estimate of drug-likeness (QED) is 0.698. The van der Waals surface area contributed by atoms with E-state index in [0.29, 0.717) is 50.4 Å². The molecule has 0 radical (unpaired) electrons. The van der Waals surface area contributed by atoms with Gasteiger partial charge in [0.25, 0.3) is 11.8 Å². The van der Waals surface area contributed by atoms with Gasteiger partial charge in [-0.3, -0.25) is 14.4 Å². The highest BCUT2D eigenvalue weighted by Crippen LogP contribution is 2.32. The van der Waals surface area contributed by atoms with E-state index in [4.69, 9.17) is 9.47 Å². The molecule has 9 nitrogen and oxygen atoms in total. The van der Waals surface area contributed by atoms with E-state index >= 15 is 0 Å². The summed E-state index contributed by atoms with van der Waals surface area (Å²) < 4.78 is 11.5. The van der Waals surface area contributed by atoms with E-state index in [-0.39, 0.29) is 24.1 Å². The standard InChI is InChI=1S/C24H30N4O5S/c29-20(16-19-21(30)26-23(34-19)28-9-2-1-3-10-28)25-18-6-4-5-17(15-18)22(31)27-11-7-24(8-12-27)32-13-14-33-24/h4-6,15,19H,1-3,7-14,16H2,(H,25,29). The number of rotatable bonds is 4. The summed E-state index contributed by atoms with van der Waals surface area (Å²) in [5.41, 5.74) is 1.06. The van der Waals surface area contributed by atoms with E-state index in [1.807, 2.05) is 0 Å². The third-order valence-electron chi connectivity index (χ3n) is 6.75. The van der Waals surface area contributed by atoms with Crippen molar-refractivity contribution in [2.24, 2.45) is 4.99 Å². The van der Waals surface area contributed by atoms with Gasteiger partial charge in [0, 0.05) is 56.7 Å². The van der Waals surface area contributed by atoms with Crippen molar-refractivity contribution in [1.82, 2.24) is 9.80 Å².